The highest BCUT2D eigenvalue weighted by Gasteiger charge is 2.14. The number of carboxylic acid groups (broad SMARTS) is 1. The largest absolute Gasteiger partial charge is 0.481 e. The molecule has 2 heterocycles. The third-order valence-electron chi connectivity index (χ3n) is 3.34. The molecule has 0 spiro atoms. The van der Waals surface area contributed by atoms with Crippen LogP contribution in [0.15, 0.2) is 16.2 Å². The second-order valence-electron chi connectivity index (χ2n) is 5.29. The number of rotatable bonds is 6. The first-order valence-electron chi connectivity index (χ1n) is 6.81. The molecule has 2 aromatic rings. The van der Waals surface area contributed by atoms with Gasteiger partial charge in [0.2, 0.25) is 0 Å². The van der Waals surface area contributed by atoms with Crippen LogP contribution in [0.4, 0.5) is 0 Å². The van der Waals surface area contributed by atoms with Gasteiger partial charge in [-0.15, -0.1) is 11.3 Å². The summed E-state index contributed by atoms with van der Waals surface area (Å²) < 4.78 is 1.59. The molecule has 0 aliphatic carbocycles. The number of hydrogen-bond acceptors (Lipinski definition) is 5. The monoisotopic (exact) mass is 309 g/mol. The summed E-state index contributed by atoms with van der Waals surface area (Å²) in [6.45, 7) is 6.80. The fourth-order valence-corrected chi connectivity index (χ4v) is 3.04. The molecule has 7 heteroatoms. The van der Waals surface area contributed by atoms with Gasteiger partial charge in [0.05, 0.1) is 12.1 Å². The van der Waals surface area contributed by atoms with Crippen molar-refractivity contribution in [2.75, 3.05) is 6.54 Å². The Kier molecular flexibility index (Phi) is 4.74. The highest BCUT2D eigenvalue weighted by Crippen LogP contribution is 2.13. The smallest absolute Gasteiger partial charge is 0.304 e. The number of aliphatic carboxylic acids is 1. The molecule has 21 heavy (non-hydrogen) atoms. The Hall–Kier alpha value is -1.73. The zero-order chi connectivity index (χ0) is 15.6. The van der Waals surface area contributed by atoms with Crippen molar-refractivity contribution in [3.63, 3.8) is 0 Å². The first-order chi connectivity index (χ1) is 9.88. The molecule has 0 bridgehead atoms. The van der Waals surface area contributed by atoms with Gasteiger partial charge in [0.1, 0.15) is 0 Å². The second kappa shape index (κ2) is 6.36. The molecule has 0 aromatic carbocycles. The summed E-state index contributed by atoms with van der Waals surface area (Å²) in [6.07, 6.45) is 0.0809. The van der Waals surface area contributed by atoms with Crippen molar-refractivity contribution in [3.05, 3.63) is 33.2 Å². The number of hydrogen-bond donors (Lipinski definition) is 1. The molecule has 0 saturated heterocycles. The molecule has 6 nitrogen and oxygen atoms in total. The van der Waals surface area contributed by atoms with E-state index in [9.17, 15) is 9.59 Å². The predicted octanol–water partition coefficient (Wildman–Crippen LogP) is 1.75. The summed E-state index contributed by atoms with van der Waals surface area (Å²) in [6, 6.07) is 1.72. The van der Waals surface area contributed by atoms with Gasteiger partial charge in [0, 0.05) is 36.3 Å². The molecule has 0 unspecified atom stereocenters. The lowest BCUT2D eigenvalue weighted by atomic mass is 10.2. The third-order valence-corrected chi connectivity index (χ3v) is 4.28. The fraction of sp³-hybridized carbons (Fsp3) is 0.500. The van der Waals surface area contributed by atoms with E-state index in [1.807, 2.05) is 31.1 Å². The van der Waals surface area contributed by atoms with Crippen LogP contribution in [0, 0.1) is 6.92 Å². The summed E-state index contributed by atoms with van der Waals surface area (Å²) >= 11 is 1.44. The lowest BCUT2D eigenvalue weighted by molar-refractivity contribution is -0.137. The minimum Gasteiger partial charge on any atom is -0.481 e. The first kappa shape index (κ1) is 15.7. The molecule has 114 valence electrons. The van der Waals surface area contributed by atoms with Crippen LogP contribution in [0.3, 0.4) is 0 Å². The number of carboxylic acids is 1. The topological polar surface area (TPSA) is 74.9 Å². The standard InChI is InChI=1S/C14H19N3O3S/c1-9(2)16(5-4-13(19)20)7-11-6-12(18)17-10(3)8-21-14(17)15-11/h6,8-9H,4-5,7H2,1-3H3,(H,19,20). The Morgan fingerprint density at radius 3 is 2.86 bits per heavy atom. The maximum Gasteiger partial charge on any atom is 0.304 e. The quantitative estimate of drug-likeness (QED) is 0.880. The SMILES string of the molecule is Cc1csc2nc(CN(CCC(=O)O)C(C)C)cc(=O)n12. The maximum absolute atomic E-state index is 12.1. The van der Waals surface area contributed by atoms with E-state index in [-0.39, 0.29) is 18.0 Å². The molecule has 0 radical (unpaired) electrons. The molecular weight excluding hydrogens is 290 g/mol. The van der Waals surface area contributed by atoms with Gasteiger partial charge in [-0.3, -0.25) is 18.9 Å². The van der Waals surface area contributed by atoms with Crippen LogP contribution in [0.5, 0.6) is 0 Å². The summed E-state index contributed by atoms with van der Waals surface area (Å²) in [5, 5.41) is 10.7. The molecule has 0 amide bonds. The summed E-state index contributed by atoms with van der Waals surface area (Å²) in [7, 11) is 0. The lowest BCUT2D eigenvalue weighted by Gasteiger charge is -2.25. The van der Waals surface area contributed by atoms with Crippen LogP contribution in [0.25, 0.3) is 4.96 Å². The summed E-state index contributed by atoms with van der Waals surface area (Å²) in [5.74, 6) is -0.821. The van der Waals surface area contributed by atoms with Crippen molar-refractivity contribution in [2.45, 2.75) is 39.8 Å². The second-order valence-corrected chi connectivity index (χ2v) is 6.13. The number of fused-ring (bicyclic) bond motifs is 1. The number of carbonyl (C=O) groups is 1. The van der Waals surface area contributed by atoms with Crippen molar-refractivity contribution >= 4 is 22.3 Å². The molecule has 1 N–H and O–H groups in total. The molecule has 0 saturated carbocycles. The first-order valence-corrected chi connectivity index (χ1v) is 7.69. The van der Waals surface area contributed by atoms with Crippen molar-refractivity contribution in [1.29, 1.82) is 0 Å². The van der Waals surface area contributed by atoms with Gasteiger partial charge < -0.3 is 5.11 Å². The molecular formula is C14H19N3O3S. The average molecular weight is 309 g/mol. The lowest BCUT2D eigenvalue weighted by Crippen LogP contribution is -2.33. The highest BCUT2D eigenvalue weighted by molar-refractivity contribution is 7.15. The van der Waals surface area contributed by atoms with Crippen LogP contribution in [0.1, 0.15) is 31.7 Å². The fourth-order valence-electron chi connectivity index (χ4n) is 2.15. The molecule has 0 fully saturated rings. The van der Waals surface area contributed by atoms with Crippen molar-refractivity contribution < 1.29 is 9.90 Å². The minimum atomic E-state index is -0.821. The molecule has 2 aromatic heterocycles. The minimum absolute atomic E-state index is 0.0809. The van der Waals surface area contributed by atoms with Gasteiger partial charge in [-0.1, -0.05) is 0 Å². The highest BCUT2D eigenvalue weighted by atomic mass is 32.1. The Morgan fingerprint density at radius 2 is 2.24 bits per heavy atom. The van der Waals surface area contributed by atoms with Gasteiger partial charge in [0.25, 0.3) is 5.56 Å². The van der Waals surface area contributed by atoms with Crippen LogP contribution in [-0.4, -0.2) is 37.9 Å². The molecule has 0 aliphatic rings. The van der Waals surface area contributed by atoms with Crippen LogP contribution < -0.4 is 5.56 Å². The number of aromatic nitrogens is 2. The molecule has 0 aliphatic heterocycles. The van der Waals surface area contributed by atoms with Gasteiger partial charge in [-0.25, -0.2) is 4.98 Å². The molecule has 0 atom stereocenters. The Balaban J connectivity index is 2.24. The van der Waals surface area contributed by atoms with Gasteiger partial charge in [0.15, 0.2) is 4.96 Å². The predicted molar refractivity (Wildman–Crippen MR) is 81.9 cm³/mol. The number of nitrogens with zero attached hydrogens (tertiary/aromatic N) is 3. The van der Waals surface area contributed by atoms with E-state index in [2.05, 4.69) is 4.98 Å². The Morgan fingerprint density at radius 1 is 1.52 bits per heavy atom. The van der Waals surface area contributed by atoms with Crippen LogP contribution in [-0.2, 0) is 11.3 Å². The Bertz CT molecular complexity index is 705. The zero-order valence-electron chi connectivity index (χ0n) is 12.4. The van der Waals surface area contributed by atoms with Crippen LogP contribution >= 0.6 is 11.3 Å². The summed E-state index contributed by atoms with van der Waals surface area (Å²) in [4.78, 5) is 30.0. The van der Waals surface area contributed by atoms with E-state index >= 15 is 0 Å². The van der Waals surface area contributed by atoms with E-state index < -0.39 is 5.97 Å². The van der Waals surface area contributed by atoms with Crippen molar-refractivity contribution in [2.24, 2.45) is 0 Å². The van der Waals surface area contributed by atoms with E-state index in [1.165, 1.54) is 17.4 Å². The van der Waals surface area contributed by atoms with Gasteiger partial charge in [-0.2, -0.15) is 0 Å². The normalized spacial score (nSPS) is 11.7. The van der Waals surface area contributed by atoms with Gasteiger partial charge >= 0.3 is 5.97 Å². The van der Waals surface area contributed by atoms with E-state index in [4.69, 9.17) is 5.11 Å². The van der Waals surface area contributed by atoms with E-state index in [1.54, 1.807) is 4.40 Å². The van der Waals surface area contributed by atoms with Gasteiger partial charge in [-0.05, 0) is 20.8 Å². The van der Waals surface area contributed by atoms with E-state index in [0.29, 0.717) is 23.7 Å². The Labute approximate surface area is 126 Å². The zero-order valence-corrected chi connectivity index (χ0v) is 13.2. The average Bonchev–Trinajstić information content (AvgIpc) is 2.76. The maximum atomic E-state index is 12.1. The van der Waals surface area contributed by atoms with Crippen molar-refractivity contribution in [3.8, 4) is 0 Å². The summed E-state index contributed by atoms with van der Waals surface area (Å²) in [5.41, 5.74) is 1.47. The van der Waals surface area contributed by atoms with E-state index in [0.717, 1.165) is 5.69 Å². The van der Waals surface area contributed by atoms with Crippen LogP contribution in [0.2, 0.25) is 0 Å². The number of thiazole rings is 1. The molecule has 2 rings (SSSR count). The third kappa shape index (κ3) is 3.68. The number of aryl methyl sites for hydroxylation is 1. The van der Waals surface area contributed by atoms with Crippen molar-refractivity contribution in [1.82, 2.24) is 14.3 Å².